The van der Waals surface area contributed by atoms with Gasteiger partial charge in [0.15, 0.2) is 11.5 Å². The predicted octanol–water partition coefficient (Wildman–Crippen LogP) is 3.62. The normalized spacial score (nSPS) is 10.4. The Labute approximate surface area is 124 Å². The maximum atomic E-state index is 5.72. The van der Waals surface area contributed by atoms with Gasteiger partial charge >= 0.3 is 0 Å². The molecule has 0 atom stereocenters. The van der Waals surface area contributed by atoms with E-state index in [0.717, 1.165) is 29.9 Å². The topological polar surface area (TPSA) is 30.5 Å². The number of nitrogens with one attached hydrogen (secondary N) is 1. The highest BCUT2D eigenvalue weighted by Crippen LogP contribution is 2.25. The Bertz CT molecular complexity index is 334. The summed E-state index contributed by atoms with van der Waals surface area (Å²) < 4.78 is 11.2. The molecule has 0 heterocycles. The molecule has 0 bridgehead atoms. The third-order valence-electron chi connectivity index (χ3n) is 2.67. The Hall–Kier alpha value is -0.740. The highest BCUT2D eigenvalue weighted by atomic mass is 79.9. The molecule has 1 aromatic carbocycles. The van der Waals surface area contributed by atoms with E-state index in [9.17, 15) is 0 Å². The largest absolute Gasteiger partial charge is 0.490 e. The van der Waals surface area contributed by atoms with Gasteiger partial charge in [0.25, 0.3) is 0 Å². The van der Waals surface area contributed by atoms with Gasteiger partial charge in [-0.15, -0.1) is 0 Å². The number of hydrogen-bond acceptors (Lipinski definition) is 3. The van der Waals surface area contributed by atoms with Crippen LogP contribution >= 0.6 is 15.9 Å². The maximum Gasteiger partial charge on any atom is 0.161 e. The minimum Gasteiger partial charge on any atom is -0.490 e. The van der Waals surface area contributed by atoms with Crippen molar-refractivity contribution in [1.29, 1.82) is 0 Å². The van der Waals surface area contributed by atoms with Crippen molar-refractivity contribution in [3.05, 3.63) is 24.3 Å². The zero-order valence-electron chi connectivity index (χ0n) is 11.7. The first-order chi connectivity index (χ1) is 9.38. The van der Waals surface area contributed by atoms with E-state index in [4.69, 9.17) is 9.47 Å². The lowest BCUT2D eigenvalue weighted by Gasteiger charge is -2.11. The molecule has 0 saturated carbocycles. The summed E-state index contributed by atoms with van der Waals surface area (Å²) in [7, 11) is 0. The molecule has 0 amide bonds. The van der Waals surface area contributed by atoms with E-state index in [0.29, 0.717) is 13.2 Å². The summed E-state index contributed by atoms with van der Waals surface area (Å²) in [6.45, 7) is 5.23. The van der Waals surface area contributed by atoms with Crippen molar-refractivity contribution in [2.45, 2.75) is 26.2 Å². The summed E-state index contributed by atoms with van der Waals surface area (Å²) in [6.07, 6.45) is 3.74. The van der Waals surface area contributed by atoms with Crippen molar-refractivity contribution < 1.29 is 9.47 Å². The average molecular weight is 330 g/mol. The van der Waals surface area contributed by atoms with E-state index in [-0.39, 0.29) is 0 Å². The van der Waals surface area contributed by atoms with Crippen molar-refractivity contribution in [2.75, 3.05) is 31.6 Å². The van der Waals surface area contributed by atoms with Crippen LogP contribution in [0.15, 0.2) is 24.3 Å². The molecule has 0 aliphatic heterocycles. The summed E-state index contributed by atoms with van der Waals surface area (Å²) in [5.74, 6) is 1.65. The highest BCUT2D eigenvalue weighted by molar-refractivity contribution is 9.09. The fourth-order valence-electron chi connectivity index (χ4n) is 1.72. The number of benzene rings is 1. The molecule has 0 radical (unpaired) electrons. The summed E-state index contributed by atoms with van der Waals surface area (Å²) in [4.78, 5) is 0. The van der Waals surface area contributed by atoms with Gasteiger partial charge in [-0.1, -0.05) is 34.5 Å². The van der Waals surface area contributed by atoms with E-state index in [2.05, 4.69) is 21.2 Å². The fourth-order valence-corrected chi connectivity index (χ4v) is 2.12. The Morgan fingerprint density at radius 2 is 1.74 bits per heavy atom. The predicted molar refractivity (Wildman–Crippen MR) is 83.6 cm³/mol. The molecular weight excluding hydrogens is 306 g/mol. The second-order valence-corrected chi connectivity index (χ2v) is 5.02. The van der Waals surface area contributed by atoms with Crippen LogP contribution in [0.3, 0.4) is 0 Å². The first-order valence-electron chi connectivity index (χ1n) is 6.99. The minimum absolute atomic E-state index is 0.659. The van der Waals surface area contributed by atoms with Crippen LogP contribution in [-0.2, 0) is 0 Å². The molecule has 3 nitrogen and oxygen atoms in total. The summed E-state index contributed by atoms with van der Waals surface area (Å²) in [6, 6.07) is 7.80. The summed E-state index contributed by atoms with van der Waals surface area (Å²) >= 11 is 3.44. The van der Waals surface area contributed by atoms with Gasteiger partial charge in [0.2, 0.25) is 0 Å². The van der Waals surface area contributed by atoms with Gasteiger partial charge in [-0.2, -0.15) is 0 Å². The van der Waals surface area contributed by atoms with Crippen molar-refractivity contribution in [1.82, 2.24) is 5.32 Å². The van der Waals surface area contributed by atoms with Crippen LogP contribution in [0.25, 0.3) is 0 Å². The Morgan fingerprint density at radius 1 is 1.00 bits per heavy atom. The van der Waals surface area contributed by atoms with Crippen LogP contribution in [0.2, 0.25) is 0 Å². The zero-order chi connectivity index (χ0) is 13.8. The molecule has 0 aromatic heterocycles. The van der Waals surface area contributed by atoms with Crippen LogP contribution in [0.4, 0.5) is 0 Å². The van der Waals surface area contributed by atoms with Crippen molar-refractivity contribution >= 4 is 15.9 Å². The number of unbranched alkanes of at least 4 members (excludes halogenated alkanes) is 2. The molecule has 0 aliphatic rings. The lowest BCUT2D eigenvalue weighted by Crippen LogP contribution is -2.22. The molecule has 0 unspecified atom stereocenters. The lowest BCUT2D eigenvalue weighted by molar-refractivity contribution is 0.275. The second kappa shape index (κ2) is 11.1. The van der Waals surface area contributed by atoms with Crippen LogP contribution in [0.5, 0.6) is 11.5 Å². The molecule has 4 heteroatoms. The first-order valence-corrected chi connectivity index (χ1v) is 8.12. The quantitative estimate of drug-likeness (QED) is 0.497. The van der Waals surface area contributed by atoms with Crippen LogP contribution < -0.4 is 14.8 Å². The molecule has 1 N–H and O–H groups in total. The number of para-hydroxylation sites is 2. The number of rotatable bonds is 11. The van der Waals surface area contributed by atoms with Crippen LogP contribution in [0, 0.1) is 0 Å². The molecule has 108 valence electrons. The molecule has 19 heavy (non-hydrogen) atoms. The lowest BCUT2D eigenvalue weighted by atomic mass is 10.2. The Morgan fingerprint density at radius 3 is 2.42 bits per heavy atom. The third kappa shape index (κ3) is 7.43. The van der Waals surface area contributed by atoms with Gasteiger partial charge in [-0.25, -0.2) is 0 Å². The van der Waals surface area contributed by atoms with E-state index in [1.54, 1.807) is 0 Å². The SMILES string of the molecule is CCOc1ccccc1OCCNCCCCCBr. The fraction of sp³-hybridized carbons (Fsp3) is 0.600. The molecular formula is C15H24BrNO2. The molecule has 1 rings (SSSR count). The number of hydrogen-bond donors (Lipinski definition) is 1. The molecule has 0 spiro atoms. The van der Waals surface area contributed by atoms with E-state index in [1.165, 1.54) is 19.3 Å². The Kier molecular flexibility index (Phi) is 9.55. The number of alkyl halides is 1. The zero-order valence-corrected chi connectivity index (χ0v) is 13.2. The Balaban J connectivity index is 2.12. The smallest absolute Gasteiger partial charge is 0.161 e. The van der Waals surface area contributed by atoms with Gasteiger partial charge in [0, 0.05) is 11.9 Å². The van der Waals surface area contributed by atoms with E-state index < -0.39 is 0 Å². The molecule has 1 aromatic rings. The maximum absolute atomic E-state index is 5.72. The number of halogens is 1. The van der Waals surface area contributed by atoms with Crippen LogP contribution in [0.1, 0.15) is 26.2 Å². The molecule has 0 saturated heterocycles. The van der Waals surface area contributed by atoms with Gasteiger partial charge in [-0.3, -0.25) is 0 Å². The standard InChI is InChI=1S/C15H24BrNO2/c1-2-18-14-8-4-5-9-15(14)19-13-12-17-11-7-3-6-10-16/h4-5,8-9,17H,2-3,6-7,10-13H2,1H3. The van der Waals surface area contributed by atoms with Gasteiger partial charge < -0.3 is 14.8 Å². The minimum atomic E-state index is 0.659. The van der Waals surface area contributed by atoms with Crippen molar-refractivity contribution in [3.8, 4) is 11.5 Å². The molecule has 0 aliphatic carbocycles. The monoisotopic (exact) mass is 329 g/mol. The summed E-state index contributed by atoms with van der Waals surface area (Å²) in [5.41, 5.74) is 0. The average Bonchev–Trinajstić information content (AvgIpc) is 2.44. The van der Waals surface area contributed by atoms with Gasteiger partial charge in [-0.05, 0) is 38.4 Å². The summed E-state index contributed by atoms with van der Waals surface area (Å²) in [5, 5.41) is 4.49. The first kappa shape index (κ1) is 16.3. The highest BCUT2D eigenvalue weighted by Gasteiger charge is 2.02. The van der Waals surface area contributed by atoms with Gasteiger partial charge in [0.05, 0.1) is 6.61 Å². The molecule has 0 fully saturated rings. The third-order valence-corrected chi connectivity index (χ3v) is 3.23. The van der Waals surface area contributed by atoms with E-state index >= 15 is 0 Å². The van der Waals surface area contributed by atoms with Gasteiger partial charge in [0.1, 0.15) is 6.61 Å². The van der Waals surface area contributed by atoms with E-state index in [1.807, 2.05) is 31.2 Å². The van der Waals surface area contributed by atoms with Crippen LogP contribution in [-0.4, -0.2) is 31.6 Å². The van der Waals surface area contributed by atoms with Crippen molar-refractivity contribution in [2.24, 2.45) is 0 Å². The second-order valence-electron chi connectivity index (χ2n) is 4.23. The van der Waals surface area contributed by atoms with Crippen molar-refractivity contribution in [3.63, 3.8) is 0 Å². The number of ether oxygens (including phenoxy) is 2.